The number of aromatic amines is 1. The Balaban J connectivity index is 1.99. The summed E-state index contributed by atoms with van der Waals surface area (Å²) in [6.07, 6.45) is 1.26. The first-order valence-electron chi connectivity index (χ1n) is 7.90. The molecule has 0 spiro atoms. The summed E-state index contributed by atoms with van der Waals surface area (Å²) in [4.78, 5) is 40.1. The van der Waals surface area contributed by atoms with E-state index < -0.39 is 11.9 Å². The Morgan fingerprint density at radius 2 is 1.92 bits per heavy atom. The van der Waals surface area contributed by atoms with Crippen molar-refractivity contribution in [3.8, 4) is 5.75 Å². The van der Waals surface area contributed by atoms with Crippen LogP contribution in [0.15, 0.2) is 44.5 Å². The number of fused-ring (bicyclic) bond motifs is 2. The lowest BCUT2D eigenvalue weighted by atomic mass is 9.87. The highest BCUT2D eigenvalue weighted by Gasteiger charge is 2.33. The van der Waals surface area contributed by atoms with E-state index >= 15 is 0 Å². The van der Waals surface area contributed by atoms with E-state index in [1.54, 1.807) is 25.1 Å². The summed E-state index contributed by atoms with van der Waals surface area (Å²) >= 11 is 0. The number of aromatic nitrogens is 1. The predicted molar refractivity (Wildman–Crippen MR) is 91.1 cm³/mol. The van der Waals surface area contributed by atoms with Gasteiger partial charge in [-0.15, -0.1) is 0 Å². The zero-order chi connectivity index (χ0) is 17.7. The molecule has 0 radical (unpaired) electrons. The molecule has 6 heteroatoms. The molecule has 1 aliphatic rings. The average Bonchev–Trinajstić information content (AvgIpc) is 2.54. The van der Waals surface area contributed by atoms with Gasteiger partial charge in [0, 0.05) is 23.2 Å². The highest BCUT2D eigenvalue weighted by molar-refractivity contribution is 5.80. The van der Waals surface area contributed by atoms with Crippen molar-refractivity contribution < 1.29 is 13.9 Å². The van der Waals surface area contributed by atoms with Gasteiger partial charge in [-0.25, -0.2) is 0 Å². The molecule has 0 unspecified atom stereocenters. The van der Waals surface area contributed by atoms with E-state index in [1.165, 1.54) is 6.26 Å². The third-order valence-electron chi connectivity index (χ3n) is 4.44. The second kappa shape index (κ2) is 5.44. The molecule has 25 heavy (non-hydrogen) atoms. The number of H-pyrrole nitrogens is 1. The van der Waals surface area contributed by atoms with Crippen LogP contribution in [-0.4, -0.2) is 11.0 Å². The third-order valence-corrected chi connectivity index (χ3v) is 4.44. The number of aryl methyl sites for hydroxylation is 2. The summed E-state index contributed by atoms with van der Waals surface area (Å²) in [5.41, 5.74) is 1.93. The van der Waals surface area contributed by atoms with Crippen LogP contribution in [0.2, 0.25) is 0 Å². The Labute approximate surface area is 142 Å². The first-order valence-corrected chi connectivity index (χ1v) is 7.90. The van der Waals surface area contributed by atoms with Gasteiger partial charge >= 0.3 is 5.97 Å². The van der Waals surface area contributed by atoms with Gasteiger partial charge in [-0.1, -0.05) is 11.6 Å². The number of hydrogen-bond donors (Lipinski definition) is 1. The topological polar surface area (TPSA) is 89.4 Å². The summed E-state index contributed by atoms with van der Waals surface area (Å²) in [6, 6.07) is 6.92. The van der Waals surface area contributed by atoms with Crippen LogP contribution in [0.4, 0.5) is 0 Å². The molecule has 1 atom stereocenters. The Bertz CT molecular complexity index is 1140. The lowest BCUT2D eigenvalue weighted by Gasteiger charge is -2.23. The maximum atomic E-state index is 13.0. The quantitative estimate of drug-likeness (QED) is 0.689. The lowest BCUT2D eigenvalue weighted by molar-refractivity contribution is -0.135. The molecule has 4 rings (SSSR count). The summed E-state index contributed by atoms with van der Waals surface area (Å²) in [5.74, 6) is -0.973. The van der Waals surface area contributed by atoms with E-state index in [0.717, 1.165) is 5.56 Å². The van der Waals surface area contributed by atoms with Crippen molar-refractivity contribution in [3.63, 3.8) is 0 Å². The molecule has 1 N–H and O–H groups in total. The van der Waals surface area contributed by atoms with Gasteiger partial charge in [0.25, 0.3) is 5.56 Å². The molecule has 0 fully saturated rings. The van der Waals surface area contributed by atoms with Crippen LogP contribution in [0, 0.1) is 13.8 Å². The molecule has 126 valence electrons. The zero-order valence-corrected chi connectivity index (χ0v) is 13.7. The summed E-state index contributed by atoms with van der Waals surface area (Å²) in [6.45, 7) is 3.58. The van der Waals surface area contributed by atoms with Crippen LogP contribution >= 0.6 is 0 Å². The van der Waals surface area contributed by atoms with Crippen LogP contribution in [0.25, 0.3) is 11.0 Å². The number of hydrogen-bond acceptors (Lipinski definition) is 5. The Morgan fingerprint density at radius 1 is 1.12 bits per heavy atom. The van der Waals surface area contributed by atoms with E-state index in [9.17, 15) is 14.4 Å². The lowest BCUT2D eigenvalue weighted by Crippen LogP contribution is -2.30. The second-order valence-corrected chi connectivity index (χ2v) is 6.31. The van der Waals surface area contributed by atoms with Gasteiger partial charge in [0.1, 0.15) is 11.3 Å². The first-order chi connectivity index (χ1) is 11.9. The minimum Gasteiger partial charge on any atom is -0.464 e. The molecular weight excluding hydrogens is 322 g/mol. The number of pyridine rings is 1. The van der Waals surface area contributed by atoms with Crippen molar-refractivity contribution in [1.82, 2.24) is 4.98 Å². The van der Waals surface area contributed by atoms with Crippen LogP contribution < -0.4 is 15.7 Å². The Kier molecular flexibility index (Phi) is 3.35. The minimum atomic E-state index is -0.693. The highest BCUT2D eigenvalue weighted by atomic mass is 16.5. The Morgan fingerprint density at radius 3 is 2.72 bits per heavy atom. The predicted octanol–water partition coefficient (Wildman–Crippen LogP) is 2.54. The number of ether oxygens (including phenoxy) is 1. The van der Waals surface area contributed by atoms with Crippen molar-refractivity contribution in [2.75, 3.05) is 0 Å². The molecular formula is C19H15NO5. The first kappa shape index (κ1) is 15.4. The normalized spacial score (nSPS) is 16.6. The van der Waals surface area contributed by atoms with Gasteiger partial charge < -0.3 is 14.1 Å². The number of nitrogens with one attached hydrogen (secondary N) is 1. The minimum absolute atomic E-state index is 0.0821. The molecule has 1 aliphatic heterocycles. The largest absolute Gasteiger partial charge is 0.464 e. The number of esters is 1. The van der Waals surface area contributed by atoms with Crippen LogP contribution in [0.5, 0.6) is 5.75 Å². The van der Waals surface area contributed by atoms with E-state index in [0.29, 0.717) is 16.7 Å². The third kappa shape index (κ3) is 2.46. The van der Waals surface area contributed by atoms with Crippen LogP contribution in [0.1, 0.15) is 34.7 Å². The summed E-state index contributed by atoms with van der Waals surface area (Å²) in [5, 5.41) is 0.432. The molecule has 0 aliphatic carbocycles. The van der Waals surface area contributed by atoms with Gasteiger partial charge in [-0.05, 0) is 26.0 Å². The Hall–Kier alpha value is -3.15. The maximum absolute atomic E-state index is 13.0. The van der Waals surface area contributed by atoms with Gasteiger partial charge in [-0.2, -0.15) is 0 Å². The standard InChI is InChI=1S/C19H15NO5/c1-9-3-4-14-12(5-9)18(22)13(8-24-14)11-7-16(21)25-15-6-10(2)20-19(23)17(11)15/h3-6,8,11H,7H2,1-2H3,(H,20,23)/t11-/m0/s1. The van der Waals surface area contributed by atoms with Gasteiger partial charge in [-0.3, -0.25) is 14.4 Å². The molecule has 1 aromatic carbocycles. The maximum Gasteiger partial charge on any atom is 0.312 e. The van der Waals surface area contributed by atoms with Gasteiger partial charge in [0.05, 0.1) is 23.6 Å². The monoisotopic (exact) mass is 337 g/mol. The highest BCUT2D eigenvalue weighted by Crippen LogP contribution is 2.35. The van der Waals surface area contributed by atoms with Gasteiger partial charge in [0.15, 0.2) is 5.43 Å². The fraction of sp³-hybridized carbons (Fsp3) is 0.211. The molecule has 0 bridgehead atoms. The number of benzene rings is 1. The summed E-state index contributed by atoms with van der Waals surface area (Å²) < 4.78 is 10.8. The van der Waals surface area contributed by atoms with Crippen LogP contribution in [-0.2, 0) is 4.79 Å². The van der Waals surface area contributed by atoms with Crippen molar-refractivity contribution >= 4 is 16.9 Å². The fourth-order valence-corrected chi connectivity index (χ4v) is 3.28. The van der Waals surface area contributed by atoms with Crippen molar-refractivity contribution in [2.24, 2.45) is 0 Å². The van der Waals surface area contributed by atoms with Gasteiger partial charge in [0.2, 0.25) is 0 Å². The SMILES string of the molecule is Cc1ccc2occ([C@@H]3CC(=O)Oc4cc(C)[nH]c(=O)c43)c(=O)c2c1. The van der Waals surface area contributed by atoms with E-state index in [1.807, 2.05) is 13.0 Å². The average molecular weight is 337 g/mol. The summed E-state index contributed by atoms with van der Waals surface area (Å²) in [7, 11) is 0. The fourth-order valence-electron chi connectivity index (χ4n) is 3.28. The zero-order valence-electron chi connectivity index (χ0n) is 13.7. The van der Waals surface area contributed by atoms with Crippen molar-refractivity contribution in [2.45, 2.75) is 26.2 Å². The second-order valence-electron chi connectivity index (χ2n) is 6.31. The van der Waals surface area contributed by atoms with Crippen molar-refractivity contribution in [1.29, 1.82) is 0 Å². The number of carbonyl (C=O) groups is 1. The molecule has 3 heterocycles. The molecule has 6 nitrogen and oxygen atoms in total. The molecule has 0 saturated heterocycles. The van der Waals surface area contributed by atoms with Crippen molar-refractivity contribution in [3.05, 3.63) is 73.5 Å². The van der Waals surface area contributed by atoms with E-state index in [4.69, 9.17) is 9.15 Å². The number of rotatable bonds is 1. The smallest absolute Gasteiger partial charge is 0.312 e. The molecule has 0 amide bonds. The number of carbonyl (C=O) groups excluding carboxylic acids is 1. The molecule has 0 saturated carbocycles. The molecule has 2 aromatic heterocycles. The van der Waals surface area contributed by atoms with E-state index in [-0.39, 0.29) is 34.3 Å². The molecule has 3 aromatic rings. The van der Waals surface area contributed by atoms with Crippen LogP contribution in [0.3, 0.4) is 0 Å². The van der Waals surface area contributed by atoms with E-state index in [2.05, 4.69) is 4.98 Å².